The molecule has 39 heavy (non-hydrogen) atoms. The van der Waals surface area contributed by atoms with Crippen molar-refractivity contribution in [2.24, 2.45) is 7.05 Å². The summed E-state index contributed by atoms with van der Waals surface area (Å²) in [6.45, 7) is 8.23. The first-order chi connectivity index (χ1) is 18.2. The first-order valence-electron chi connectivity index (χ1n) is 12.1. The van der Waals surface area contributed by atoms with E-state index in [1.54, 1.807) is 36.0 Å². The molecule has 0 aliphatic heterocycles. The van der Waals surface area contributed by atoms with Crippen LogP contribution in [-0.4, -0.2) is 31.0 Å². The Bertz CT molecular complexity index is 1350. The van der Waals surface area contributed by atoms with Gasteiger partial charge in [0.25, 0.3) is 5.69 Å². The van der Waals surface area contributed by atoms with Gasteiger partial charge < -0.3 is 5.11 Å². The molecule has 0 aliphatic carbocycles. The second kappa shape index (κ2) is 15.3. The van der Waals surface area contributed by atoms with Crippen LogP contribution in [0.2, 0.25) is 0 Å². The molecule has 0 atom stereocenters. The molecule has 7 nitrogen and oxygen atoms in total. The van der Waals surface area contributed by atoms with Gasteiger partial charge in [0.1, 0.15) is 7.05 Å². The second-order valence-corrected chi connectivity index (χ2v) is 8.88. The van der Waals surface area contributed by atoms with Crippen molar-refractivity contribution in [3.63, 3.8) is 0 Å². The van der Waals surface area contributed by atoms with Crippen LogP contribution in [0.25, 0.3) is 22.8 Å². The Labute approximate surface area is 242 Å². The molecule has 1 N–H and O–H groups in total. The molecular weight excluding hydrogens is 665 g/mol. The maximum absolute atomic E-state index is 10.4. The summed E-state index contributed by atoms with van der Waals surface area (Å²) < 4.78 is 1.56. The fourth-order valence-electron chi connectivity index (χ4n) is 3.45. The number of carbonyl (C=O) groups is 1. The van der Waals surface area contributed by atoms with Gasteiger partial charge in [-0.25, -0.2) is 4.79 Å². The Balaban J connectivity index is 0.000000206. The number of hydrogen-bond donors (Lipinski definition) is 1. The van der Waals surface area contributed by atoms with Gasteiger partial charge >= 0.3 is 5.97 Å². The summed E-state index contributed by atoms with van der Waals surface area (Å²) in [5.74, 6) is -0.900. The van der Waals surface area contributed by atoms with Gasteiger partial charge in [-0.05, 0) is 105 Å². The smallest absolute Gasteiger partial charge is 0.401 e. The van der Waals surface area contributed by atoms with Crippen LogP contribution < -0.4 is 4.57 Å². The Hall–Kier alpha value is -4.14. The van der Waals surface area contributed by atoms with E-state index >= 15 is 0 Å². The average Bonchev–Trinajstić information content (AvgIpc) is 2.90. The molecule has 0 amide bonds. The van der Waals surface area contributed by atoms with Crippen molar-refractivity contribution in [3.05, 3.63) is 126 Å². The van der Waals surface area contributed by atoms with Gasteiger partial charge in [0.15, 0.2) is 6.20 Å². The predicted octanol–water partition coefficient (Wildman–Crippen LogP) is 5.73. The van der Waals surface area contributed by atoms with Crippen molar-refractivity contribution >= 4 is 5.97 Å². The van der Waals surface area contributed by atoms with Gasteiger partial charge in [0, 0.05) is 56.7 Å². The van der Waals surface area contributed by atoms with E-state index in [9.17, 15) is 4.79 Å². The molecule has 0 aliphatic rings. The van der Waals surface area contributed by atoms with Gasteiger partial charge in [-0.2, -0.15) is 4.57 Å². The molecule has 5 rings (SSSR count). The van der Waals surface area contributed by atoms with Crippen molar-refractivity contribution < 1.29 is 34.3 Å². The van der Waals surface area contributed by atoms with Crippen molar-refractivity contribution in [2.45, 2.75) is 27.7 Å². The molecule has 5 aromatic rings. The van der Waals surface area contributed by atoms with Crippen LogP contribution in [0.5, 0.6) is 0 Å². The number of hydrogen-bond acceptors (Lipinski definition) is 5. The van der Waals surface area contributed by atoms with E-state index in [1.807, 2.05) is 73.3 Å². The van der Waals surface area contributed by atoms with Gasteiger partial charge in [-0.15, -0.1) is 0 Å². The van der Waals surface area contributed by atoms with Crippen LogP contribution in [0.3, 0.4) is 0 Å². The van der Waals surface area contributed by atoms with Crippen molar-refractivity contribution in [1.29, 1.82) is 0 Å². The Morgan fingerprint density at radius 2 is 0.949 bits per heavy atom. The monoisotopic (exact) mass is 698 g/mol. The fourth-order valence-corrected chi connectivity index (χ4v) is 3.45. The van der Waals surface area contributed by atoms with Crippen LogP contribution in [0.4, 0.5) is 0 Å². The summed E-state index contributed by atoms with van der Waals surface area (Å²) in [5.41, 5.74) is 8.88. The van der Waals surface area contributed by atoms with E-state index in [2.05, 4.69) is 47.6 Å². The molecule has 0 spiro atoms. The summed E-state index contributed by atoms with van der Waals surface area (Å²) in [6.07, 6.45) is 8.95. The van der Waals surface area contributed by atoms with E-state index in [1.165, 1.54) is 22.3 Å². The van der Waals surface area contributed by atoms with Crippen molar-refractivity contribution in [3.8, 4) is 22.8 Å². The molecule has 0 fully saturated rings. The molecule has 0 bridgehead atoms. The molecule has 8 heteroatoms. The molecule has 5 aromatic heterocycles. The summed E-state index contributed by atoms with van der Waals surface area (Å²) in [7, 11) is 1.70. The third kappa shape index (κ3) is 9.92. The van der Waals surface area contributed by atoms with Crippen LogP contribution in [0, 0.1) is 27.7 Å². The zero-order valence-corrected chi connectivity index (χ0v) is 25.2. The second-order valence-electron chi connectivity index (χ2n) is 8.88. The van der Waals surface area contributed by atoms with E-state index in [0.717, 1.165) is 22.8 Å². The van der Waals surface area contributed by atoms with Crippen LogP contribution >= 0.6 is 0 Å². The zero-order valence-electron chi connectivity index (χ0n) is 22.7. The minimum Gasteiger partial charge on any atom is -0.473 e. The summed E-state index contributed by atoms with van der Waals surface area (Å²) in [5, 5.41) is 8.54. The number of pyridine rings is 5. The van der Waals surface area contributed by atoms with E-state index in [-0.39, 0.29) is 19.8 Å². The van der Waals surface area contributed by atoms with Crippen LogP contribution in [-0.2, 0) is 26.8 Å². The Morgan fingerprint density at radius 3 is 1.18 bits per heavy atom. The fraction of sp³-hybridized carbons (Fsp3) is 0.161. The number of aryl methyl sites for hydroxylation is 5. The maximum Gasteiger partial charge on any atom is 0.401 e. The number of nitrogens with zero attached hydrogens (tertiary/aromatic N) is 5. The molecule has 0 aromatic carbocycles. The molecule has 0 unspecified atom stereocenters. The standard InChI is InChI=1S/2C12H12N2.C7H7NO2.Os/c2*1-9-3-5-13-11(7-9)12-8-10(2)4-6-14-12;1-8-5-3-2-4-6(8)7(9)10;/h2*3-8H,1-2H3;2-5H,1H3;/p+1. The number of aromatic nitrogens is 5. The van der Waals surface area contributed by atoms with Gasteiger partial charge in [0.2, 0.25) is 0 Å². The largest absolute Gasteiger partial charge is 0.473 e. The van der Waals surface area contributed by atoms with E-state index in [0.29, 0.717) is 5.69 Å². The minimum atomic E-state index is -0.900. The molecular formula is C31H32N5O2Os+. The third-order valence-electron chi connectivity index (χ3n) is 5.46. The zero-order chi connectivity index (χ0) is 27.5. The van der Waals surface area contributed by atoms with Gasteiger partial charge in [-0.1, -0.05) is 0 Å². The Morgan fingerprint density at radius 1 is 0.615 bits per heavy atom. The predicted molar refractivity (Wildman–Crippen MR) is 148 cm³/mol. The summed E-state index contributed by atoms with van der Waals surface area (Å²) in [4.78, 5) is 27.6. The molecule has 0 radical (unpaired) electrons. The van der Waals surface area contributed by atoms with Crippen molar-refractivity contribution in [1.82, 2.24) is 19.9 Å². The van der Waals surface area contributed by atoms with E-state index < -0.39 is 5.97 Å². The molecule has 5 heterocycles. The normalized spacial score (nSPS) is 9.67. The summed E-state index contributed by atoms with van der Waals surface area (Å²) >= 11 is 0. The molecule has 0 saturated heterocycles. The molecule has 200 valence electrons. The summed E-state index contributed by atoms with van der Waals surface area (Å²) in [6, 6.07) is 21.2. The van der Waals surface area contributed by atoms with Gasteiger partial charge in [-0.3, -0.25) is 19.9 Å². The quantitative estimate of drug-likeness (QED) is 0.243. The molecule has 0 saturated carbocycles. The minimum absolute atomic E-state index is 0. The Kier molecular flexibility index (Phi) is 12.2. The topological polar surface area (TPSA) is 92.7 Å². The number of carboxylic acid groups (broad SMARTS) is 1. The maximum atomic E-state index is 10.4. The third-order valence-corrected chi connectivity index (χ3v) is 5.46. The SMILES string of the molecule is C[n+]1ccccc1C(=O)O.Cc1ccnc(-c2cc(C)ccn2)c1.Cc1ccnc(-c2cc(C)ccn2)c1.[Os]. The van der Waals surface area contributed by atoms with Crippen molar-refractivity contribution in [2.75, 3.05) is 0 Å². The van der Waals surface area contributed by atoms with Crippen LogP contribution in [0.15, 0.2) is 97.7 Å². The number of rotatable bonds is 3. The first-order valence-corrected chi connectivity index (χ1v) is 12.1. The van der Waals surface area contributed by atoms with E-state index in [4.69, 9.17) is 5.11 Å². The van der Waals surface area contributed by atoms with Gasteiger partial charge in [0.05, 0.1) is 22.8 Å². The number of aromatic carboxylic acids is 1. The number of carboxylic acids is 1. The first kappa shape index (κ1) is 31.1. The van der Waals surface area contributed by atoms with Crippen LogP contribution in [0.1, 0.15) is 32.7 Å². The average molecular weight is 697 g/mol.